The molecule has 1 aromatic rings. The third-order valence-corrected chi connectivity index (χ3v) is 6.26. The zero-order valence-corrected chi connectivity index (χ0v) is 14.8. The number of amides is 1. The topological polar surface area (TPSA) is 111 Å². The quantitative estimate of drug-likeness (QED) is 0.518. The van der Waals surface area contributed by atoms with Crippen LogP contribution in [-0.2, 0) is 25.8 Å². The van der Waals surface area contributed by atoms with Gasteiger partial charge in [-0.05, 0) is 19.3 Å². The van der Waals surface area contributed by atoms with E-state index in [9.17, 15) is 13.2 Å². The number of methoxy groups -OCH3 is 1. The van der Waals surface area contributed by atoms with Crippen molar-refractivity contribution in [2.45, 2.75) is 30.2 Å². The van der Waals surface area contributed by atoms with Crippen molar-refractivity contribution in [3.05, 3.63) is 5.89 Å². The van der Waals surface area contributed by atoms with Crippen molar-refractivity contribution in [2.24, 2.45) is 5.92 Å². The molecule has 1 amide bonds. The van der Waals surface area contributed by atoms with Gasteiger partial charge in [0.25, 0.3) is 5.22 Å². The Morgan fingerprint density at radius 3 is 2.96 bits per heavy atom. The van der Waals surface area contributed by atoms with Gasteiger partial charge < -0.3 is 14.5 Å². The second-order valence-electron chi connectivity index (χ2n) is 5.48. The van der Waals surface area contributed by atoms with Crippen LogP contribution in [0.5, 0.6) is 0 Å². The zero-order valence-electron chi connectivity index (χ0n) is 13.1. The fourth-order valence-electron chi connectivity index (χ4n) is 2.27. The number of carbonyl (C=O) groups is 1. The lowest BCUT2D eigenvalue weighted by Crippen LogP contribution is -2.33. The molecule has 0 aliphatic carbocycles. The summed E-state index contributed by atoms with van der Waals surface area (Å²) in [5.74, 6) is 0.728. The second-order valence-corrected chi connectivity index (χ2v) is 9.00. The van der Waals surface area contributed by atoms with Crippen LogP contribution in [0.2, 0.25) is 0 Å². The van der Waals surface area contributed by atoms with E-state index in [1.54, 1.807) is 14.0 Å². The van der Waals surface area contributed by atoms with E-state index in [0.717, 1.165) is 0 Å². The van der Waals surface area contributed by atoms with Crippen molar-refractivity contribution in [2.75, 3.05) is 31.8 Å². The summed E-state index contributed by atoms with van der Waals surface area (Å²) in [6.45, 7) is 2.66. The van der Waals surface area contributed by atoms with E-state index >= 15 is 0 Å². The lowest BCUT2D eigenvalue weighted by Gasteiger charge is -2.09. The van der Waals surface area contributed by atoms with E-state index in [0.29, 0.717) is 37.1 Å². The van der Waals surface area contributed by atoms with E-state index < -0.39 is 9.84 Å². The average Bonchev–Trinajstić information content (AvgIpc) is 3.05. The lowest BCUT2D eigenvalue weighted by molar-refractivity contribution is -0.120. The number of nitrogens with zero attached hydrogens (tertiary/aromatic N) is 2. The molecule has 10 heteroatoms. The van der Waals surface area contributed by atoms with Gasteiger partial charge in [-0.3, -0.25) is 4.79 Å². The van der Waals surface area contributed by atoms with Gasteiger partial charge in [0.2, 0.25) is 11.8 Å². The molecule has 1 saturated heterocycles. The largest absolute Gasteiger partial charge is 0.416 e. The minimum absolute atomic E-state index is 0.0352. The Morgan fingerprint density at radius 1 is 1.52 bits per heavy atom. The highest BCUT2D eigenvalue weighted by Crippen LogP contribution is 2.25. The highest BCUT2D eigenvalue weighted by molar-refractivity contribution is 8.00. The molecular formula is C13H21N3O5S2. The van der Waals surface area contributed by atoms with Gasteiger partial charge in [0.15, 0.2) is 9.84 Å². The molecule has 1 aromatic heterocycles. The fourth-order valence-corrected chi connectivity index (χ4v) is 4.86. The molecule has 8 nitrogen and oxygen atoms in total. The summed E-state index contributed by atoms with van der Waals surface area (Å²) < 4.78 is 33.2. The summed E-state index contributed by atoms with van der Waals surface area (Å²) in [5.41, 5.74) is 0. The first-order valence-corrected chi connectivity index (χ1v) is 10.1. The van der Waals surface area contributed by atoms with Gasteiger partial charge in [-0.1, -0.05) is 11.8 Å². The number of ether oxygens (including phenoxy) is 1. The van der Waals surface area contributed by atoms with Crippen molar-refractivity contribution in [1.82, 2.24) is 15.5 Å². The van der Waals surface area contributed by atoms with Crippen LogP contribution < -0.4 is 5.32 Å². The van der Waals surface area contributed by atoms with Crippen LogP contribution in [0.4, 0.5) is 0 Å². The van der Waals surface area contributed by atoms with Crippen molar-refractivity contribution < 1.29 is 22.4 Å². The highest BCUT2D eigenvalue weighted by Gasteiger charge is 2.29. The first-order chi connectivity index (χ1) is 10.9. The third kappa shape index (κ3) is 5.78. The van der Waals surface area contributed by atoms with Crippen molar-refractivity contribution in [3.63, 3.8) is 0 Å². The van der Waals surface area contributed by atoms with Crippen LogP contribution in [0.15, 0.2) is 9.64 Å². The second kappa shape index (κ2) is 8.11. The van der Waals surface area contributed by atoms with Crippen LogP contribution >= 0.6 is 11.8 Å². The monoisotopic (exact) mass is 363 g/mol. The van der Waals surface area contributed by atoms with Crippen LogP contribution in [0, 0.1) is 5.92 Å². The van der Waals surface area contributed by atoms with Crippen LogP contribution in [0.25, 0.3) is 0 Å². The third-order valence-electron chi connectivity index (χ3n) is 3.49. The number of aromatic nitrogens is 2. The molecule has 1 N–H and O–H groups in total. The Balaban J connectivity index is 1.81. The molecule has 0 spiro atoms. The van der Waals surface area contributed by atoms with Crippen LogP contribution in [0.1, 0.15) is 19.2 Å². The minimum atomic E-state index is -2.91. The SMILES string of the molecule is COCCNC(=O)[C@H](C)Sc1nnc(C[C@@H]2CCS(=O)(=O)C2)o1. The summed E-state index contributed by atoms with van der Waals surface area (Å²) in [4.78, 5) is 11.8. The number of hydrogen-bond donors (Lipinski definition) is 1. The Bertz CT molecular complexity index is 631. The smallest absolute Gasteiger partial charge is 0.277 e. The Kier molecular flexibility index (Phi) is 6.42. The summed E-state index contributed by atoms with van der Waals surface area (Å²) in [6.07, 6.45) is 1.09. The maximum atomic E-state index is 11.8. The lowest BCUT2D eigenvalue weighted by atomic mass is 10.1. The highest BCUT2D eigenvalue weighted by atomic mass is 32.2. The normalized spacial score (nSPS) is 21.2. The van der Waals surface area contributed by atoms with Gasteiger partial charge in [0, 0.05) is 20.1 Å². The first-order valence-electron chi connectivity index (χ1n) is 7.35. The van der Waals surface area contributed by atoms with Gasteiger partial charge >= 0.3 is 0 Å². The number of thioether (sulfide) groups is 1. The molecule has 2 rings (SSSR count). The molecular weight excluding hydrogens is 342 g/mol. The van der Waals surface area contributed by atoms with Crippen LogP contribution in [0.3, 0.4) is 0 Å². The van der Waals surface area contributed by atoms with E-state index in [-0.39, 0.29) is 28.6 Å². The van der Waals surface area contributed by atoms with Crippen molar-refractivity contribution in [3.8, 4) is 0 Å². The van der Waals surface area contributed by atoms with Gasteiger partial charge in [-0.25, -0.2) is 8.42 Å². The van der Waals surface area contributed by atoms with Gasteiger partial charge in [0.1, 0.15) is 0 Å². The summed E-state index contributed by atoms with van der Waals surface area (Å²) >= 11 is 1.18. The summed E-state index contributed by atoms with van der Waals surface area (Å²) in [6, 6.07) is 0. The van der Waals surface area contributed by atoms with Crippen molar-refractivity contribution in [1.29, 1.82) is 0 Å². The molecule has 130 valence electrons. The molecule has 1 aliphatic heterocycles. The predicted molar refractivity (Wildman–Crippen MR) is 85.0 cm³/mol. The molecule has 2 atom stereocenters. The number of nitrogens with one attached hydrogen (secondary N) is 1. The minimum Gasteiger partial charge on any atom is -0.416 e. The first kappa shape index (κ1) is 18.2. The average molecular weight is 363 g/mol. The predicted octanol–water partition coefficient (Wildman–Crippen LogP) is 0.290. The Morgan fingerprint density at radius 2 is 2.30 bits per heavy atom. The van der Waals surface area contributed by atoms with E-state index in [1.165, 1.54) is 11.8 Å². The summed E-state index contributed by atoms with van der Waals surface area (Å²) in [7, 11) is -1.34. The molecule has 1 aliphatic rings. The number of hydrogen-bond acceptors (Lipinski definition) is 8. The Hall–Kier alpha value is -1.13. The van der Waals surface area contributed by atoms with E-state index in [2.05, 4.69) is 15.5 Å². The fraction of sp³-hybridized carbons (Fsp3) is 0.769. The van der Waals surface area contributed by atoms with Crippen molar-refractivity contribution >= 4 is 27.5 Å². The van der Waals surface area contributed by atoms with Gasteiger partial charge in [-0.15, -0.1) is 10.2 Å². The number of carbonyl (C=O) groups excluding carboxylic acids is 1. The summed E-state index contributed by atoms with van der Waals surface area (Å²) in [5, 5.41) is 10.5. The molecule has 0 unspecified atom stereocenters. The maximum absolute atomic E-state index is 11.8. The molecule has 23 heavy (non-hydrogen) atoms. The molecule has 0 radical (unpaired) electrons. The molecule has 0 bridgehead atoms. The van der Waals surface area contributed by atoms with Gasteiger partial charge in [-0.2, -0.15) is 0 Å². The van der Waals surface area contributed by atoms with Gasteiger partial charge in [0.05, 0.1) is 23.4 Å². The molecule has 0 saturated carbocycles. The molecule has 1 fully saturated rings. The maximum Gasteiger partial charge on any atom is 0.277 e. The number of rotatable bonds is 8. The van der Waals surface area contributed by atoms with E-state index in [4.69, 9.17) is 9.15 Å². The number of sulfone groups is 1. The molecule has 0 aromatic carbocycles. The molecule has 2 heterocycles. The van der Waals surface area contributed by atoms with E-state index in [1.807, 2.05) is 0 Å². The van der Waals surface area contributed by atoms with Crippen LogP contribution in [-0.4, -0.2) is 61.5 Å². The Labute approximate surface area is 139 Å². The standard InChI is InChI=1S/C13H21N3O5S2/c1-9(12(17)14-4-5-20-2)22-13-16-15-11(21-13)7-10-3-6-23(18,19)8-10/h9-10H,3-8H2,1-2H3,(H,14,17)/t9-,10-/m0/s1. The zero-order chi connectivity index (χ0) is 16.9.